The molecule has 0 unspecified atom stereocenters. The van der Waals surface area contributed by atoms with Crippen LogP contribution in [0.5, 0.6) is 0 Å². The predicted molar refractivity (Wildman–Crippen MR) is 122 cm³/mol. The fourth-order valence-corrected chi connectivity index (χ4v) is 4.49. The molecule has 1 aliphatic heterocycles. The minimum Gasteiger partial charge on any atom is -0.292 e. The molecule has 4 rings (SSSR count). The zero-order valence-corrected chi connectivity index (χ0v) is 18.8. The Labute approximate surface area is 199 Å². The monoisotopic (exact) mass is 481 g/mol. The number of nitro groups is 1. The first-order valence-corrected chi connectivity index (χ1v) is 11.0. The van der Waals surface area contributed by atoms with E-state index in [1.807, 2.05) is 19.1 Å². The zero-order chi connectivity index (χ0) is 24.6. The highest BCUT2D eigenvalue weighted by Crippen LogP contribution is 2.39. The Morgan fingerprint density at radius 3 is 2.47 bits per heavy atom. The summed E-state index contributed by atoms with van der Waals surface area (Å²) >= 11 is 5.91. The van der Waals surface area contributed by atoms with E-state index in [-0.39, 0.29) is 22.7 Å². The number of carbonyl (C=O) groups excluding carboxylic acids is 4. The quantitative estimate of drug-likeness (QED) is 0.204. The molecule has 1 heterocycles. The fraction of sp³-hybridized carbons (Fsp3) is 0.250. The largest absolute Gasteiger partial charge is 0.292 e. The van der Waals surface area contributed by atoms with Crippen molar-refractivity contribution in [1.29, 1.82) is 0 Å². The van der Waals surface area contributed by atoms with Crippen LogP contribution >= 0.6 is 11.6 Å². The van der Waals surface area contributed by atoms with Crippen LogP contribution in [0, 0.1) is 27.9 Å². The molecule has 3 amide bonds. The Hall–Kier alpha value is -3.85. The highest BCUT2D eigenvalue weighted by atomic mass is 35.5. The summed E-state index contributed by atoms with van der Waals surface area (Å²) in [5, 5.41) is 13.1. The zero-order valence-electron chi connectivity index (χ0n) is 18.1. The number of halogens is 1. The molecule has 0 bridgehead atoms. The highest BCUT2D eigenvalue weighted by molar-refractivity contribution is 6.30. The number of imide groups is 1. The van der Waals surface area contributed by atoms with E-state index >= 15 is 0 Å². The first-order valence-electron chi connectivity index (χ1n) is 10.6. The van der Waals surface area contributed by atoms with Crippen LogP contribution in [0.2, 0.25) is 5.02 Å². The minimum atomic E-state index is -0.739. The molecule has 2 aliphatic rings. The van der Waals surface area contributed by atoms with Gasteiger partial charge >= 0.3 is 0 Å². The maximum Gasteiger partial charge on any atom is 0.273 e. The van der Waals surface area contributed by atoms with Crippen LogP contribution in [0.3, 0.4) is 0 Å². The number of Topliss-reactive ketones (excluding diaryl/α,β-unsaturated/α-hetero) is 1. The Balaban J connectivity index is 1.71. The van der Waals surface area contributed by atoms with Gasteiger partial charge in [0.1, 0.15) is 6.54 Å². The molecule has 0 saturated carbocycles. The molecule has 9 nitrogen and oxygen atoms in total. The van der Waals surface area contributed by atoms with Gasteiger partial charge in [-0.2, -0.15) is 5.01 Å². The second-order valence-corrected chi connectivity index (χ2v) is 8.68. The van der Waals surface area contributed by atoms with E-state index in [2.05, 4.69) is 0 Å². The molecule has 0 N–H and O–H groups in total. The summed E-state index contributed by atoms with van der Waals surface area (Å²) < 4.78 is 0. The van der Waals surface area contributed by atoms with Gasteiger partial charge in [0.25, 0.3) is 23.4 Å². The van der Waals surface area contributed by atoms with Gasteiger partial charge in [-0.3, -0.25) is 29.3 Å². The Kier molecular flexibility index (Phi) is 6.30. The molecular weight excluding hydrogens is 462 g/mol. The van der Waals surface area contributed by atoms with Crippen LogP contribution in [0.4, 0.5) is 5.69 Å². The molecule has 2 aromatic carbocycles. The first-order chi connectivity index (χ1) is 16.2. The van der Waals surface area contributed by atoms with Gasteiger partial charge in [-0.05, 0) is 36.6 Å². The Morgan fingerprint density at radius 2 is 1.82 bits per heavy atom. The lowest BCUT2D eigenvalue weighted by Gasteiger charge is -2.30. The molecule has 0 aromatic heterocycles. The van der Waals surface area contributed by atoms with Crippen LogP contribution in [-0.4, -0.2) is 45.0 Å². The van der Waals surface area contributed by atoms with Crippen LogP contribution in [0.25, 0.3) is 0 Å². The van der Waals surface area contributed by atoms with Crippen LogP contribution < -0.4 is 0 Å². The number of hydrogen-bond acceptors (Lipinski definition) is 6. The average molecular weight is 482 g/mol. The molecule has 10 heteroatoms. The molecule has 1 aliphatic carbocycles. The van der Waals surface area contributed by atoms with Crippen LogP contribution in [0.1, 0.15) is 34.1 Å². The van der Waals surface area contributed by atoms with Crippen LogP contribution in [0.15, 0.2) is 60.7 Å². The lowest BCUT2D eigenvalue weighted by atomic mass is 9.78. The third kappa shape index (κ3) is 4.22. The molecule has 0 radical (unpaired) electrons. The number of benzene rings is 2. The average Bonchev–Trinajstić information content (AvgIpc) is 3.08. The van der Waals surface area contributed by atoms with E-state index in [0.29, 0.717) is 11.4 Å². The minimum absolute atomic E-state index is 0.0188. The van der Waals surface area contributed by atoms with Crippen molar-refractivity contribution in [2.75, 3.05) is 6.54 Å². The number of ketones is 1. The van der Waals surface area contributed by atoms with Gasteiger partial charge in [-0.1, -0.05) is 42.8 Å². The number of nitro benzene ring substituents is 1. The number of hydrazine groups is 1. The summed E-state index contributed by atoms with van der Waals surface area (Å²) in [6, 6.07) is 10.9. The van der Waals surface area contributed by atoms with E-state index in [9.17, 15) is 29.3 Å². The molecular formula is C24H20ClN3O6. The predicted octanol–water partition coefficient (Wildman–Crippen LogP) is 3.69. The second kappa shape index (κ2) is 9.18. The maximum absolute atomic E-state index is 13.4. The second-order valence-electron chi connectivity index (χ2n) is 8.24. The number of amides is 3. The third-order valence-corrected chi connectivity index (χ3v) is 6.34. The standard InChI is InChI=1S/C24H20ClN3O6/c1-14-4-2-7-19-21(14)24(32)27(23(19)31)26(22(30)15-8-10-17(25)11-9-15)13-20(29)16-5-3-6-18(12-16)28(33)34/h2-6,8-12,14,19,21H,7,13H2,1H3/t14-,19+,21+/m1/s1. The van der Waals surface area contributed by atoms with Gasteiger partial charge in [0, 0.05) is 28.3 Å². The van der Waals surface area contributed by atoms with Crippen molar-refractivity contribution in [3.63, 3.8) is 0 Å². The van der Waals surface area contributed by atoms with Gasteiger partial charge in [0.05, 0.1) is 16.8 Å². The number of rotatable bonds is 6. The van der Waals surface area contributed by atoms with E-state index in [0.717, 1.165) is 16.1 Å². The number of nitrogens with zero attached hydrogens (tertiary/aromatic N) is 3. The van der Waals surface area contributed by atoms with Gasteiger partial charge in [-0.15, -0.1) is 0 Å². The first kappa shape index (κ1) is 23.3. The fourth-order valence-electron chi connectivity index (χ4n) is 4.36. The lowest BCUT2D eigenvalue weighted by Crippen LogP contribution is -2.52. The van der Waals surface area contributed by atoms with Gasteiger partial charge in [0.2, 0.25) is 0 Å². The number of carbonyl (C=O) groups is 4. The Bertz CT molecular complexity index is 1230. The smallest absolute Gasteiger partial charge is 0.273 e. The van der Waals surface area contributed by atoms with E-state index < -0.39 is 46.8 Å². The van der Waals surface area contributed by atoms with E-state index in [1.54, 1.807) is 0 Å². The number of non-ortho nitro benzene ring substituents is 1. The normalized spacial score (nSPS) is 21.4. The number of hydrogen-bond donors (Lipinski definition) is 0. The molecule has 34 heavy (non-hydrogen) atoms. The van der Waals surface area contributed by atoms with Crippen molar-refractivity contribution < 1.29 is 24.1 Å². The molecule has 1 saturated heterocycles. The van der Waals surface area contributed by atoms with E-state index in [1.165, 1.54) is 42.5 Å². The summed E-state index contributed by atoms with van der Waals surface area (Å²) in [4.78, 5) is 63.5. The van der Waals surface area contributed by atoms with Crippen molar-refractivity contribution in [1.82, 2.24) is 10.0 Å². The molecule has 0 spiro atoms. The molecule has 3 atom stereocenters. The maximum atomic E-state index is 13.4. The topological polar surface area (TPSA) is 118 Å². The number of fused-ring (bicyclic) bond motifs is 1. The van der Waals surface area contributed by atoms with Gasteiger partial charge in [-0.25, -0.2) is 5.01 Å². The summed E-state index contributed by atoms with van der Waals surface area (Å²) in [5.74, 6) is -3.97. The van der Waals surface area contributed by atoms with Crippen molar-refractivity contribution in [2.45, 2.75) is 13.3 Å². The molecule has 1 fully saturated rings. The summed E-state index contributed by atoms with van der Waals surface area (Å²) in [6.45, 7) is 1.17. The van der Waals surface area contributed by atoms with Crippen molar-refractivity contribution in [3.8, 4) is 0 Å². The summed E-state index contributed by atoms with van der Waals surface area (Å²) in [7, 11) is 0. The van der Waals surface area contributed by atoms with Crippen molar-refractivity contribution in [3.05, 3.63) is 86.9 Å². The SMILES string of the molecule is C[C@@H]1C=CC[C@@H]2C(=O)N(N(CC(=O)c3cccc([N+](=O)[O-])c3)C(=O)c3ccc(Cl)cc3)C(=O)[C@@H]12. The van der Waals surface area contributed by atoms with Gasteiger partial charge < -0.3 is 0 Å². The summed E-state index contributed by atoms with van der Waals surface area (Å²) in [5.41, 5.74) is -0.187. The number of allylic oxidation sites excluding steroid dienone is 2. The highest BCUT2D eigenvalue weighted by Gasteiger charge is 2.53. The Morgan fingerprint density at radius 1 is 1.12 bits per heavy atom. The van der Waals surface area contributed by atoms with E-state index in [4.69, 9.17) is 11.6 Å². The van der Waals surface area contributed by atoms with Gasteiger partial charge in [0.15, 0.2) is 5.78 Å². The van der Waals surface area contributed by atoms with Crippen molar-refractivity contribution in [2.24, 2.45) is 17.8 Å². The van der Waals surface area contributed by atoms with Crippen molar-refractivity contribution >= 4 is 40.8 Å². The summed E-state index contributed by atoms with van der Waals surface area (Å²) in [6.07, 6.45) is 4.05. The van der Waals surface area contributed by atoms with Crippen LogP contribution in [-0.2, 0) is 9.59 Å². The molecule has 174 valence electrons. The molecule has 2 aromatic rings. The lowest BCUT2D eigenvalue weighted by molar-refractivity contribution is -0.384. The third-order valence-electron chi connectivity index (χ3n) is 6.09.